The van der Waals surface area contributed by atoms with Crippen LogP contribution in [0.1, 0.15) is 115 Å². The zero-order chi connectivity index (χ0) is 37.1. The van der Waals surface area contributed by atoms with Gasteiger partial charge in [0.05, 0.1) is 0 Å². The molecule has 3 aromatic carbocycles. The maximum Gasteiger partial charge on any atom is 0.303 e. The summed E-state index contributed by atoms with van der Waals surface area (Å²) in [7, 11) is 0. The van der Waals surface area contributed by atoms with Gasteiger partial charge in [-0.2, -0.15) is 0 Å². The minimum absolute atomic E-state index is 0. The molecule has 4 aliphatic rings. The van der Waals surface area contributed by atoms with Crippen molar-refractivity contribution in [3.63, 3.8) is 0 Å². The van der Waals surface area contributed by atoms with Gasteiger partial charge in [0.25, 0.3) is 0 Å². The van der Waals surface area contributed by atoms with Crippen LogP contribution in [-0.4, -0.2) is 29.7 Å². The predicted molar refractivity (Wildman–Crippen MR) is 216 cm³/mol. The highest BCUT2D eigenvalue weighted by Crippen LogP contribution is 2.67. The van der Waals surface area contributed by atoms with Crippen LogP contribution in [0.15, 0.2) is 114 Å². The van der Waals surface area contributed by atoms with Crippen LogP contribution >= 0.6 is 12.4 Å². The maximum absolute atomic E-state index is 12.8. The minimum atomic E-state index is -0.990. The number of nitrogens with one attached hydrogen (secondary N) is 1. The molecule has 0 aromatic heterocycles. The number of fused-ring (bicyclic) bond motifs is 5. The van der Waals surface area contributed by atoms with E-state index in [0.717, 1.165) is 38.6 Å². The molecule has 7 rings (SSSR count). The lowest BCUT2D eigenvalue weighted by Crippen LogP contribution is -2.58. The topological polar surface area (TPSA) is 72.5 Å². The number of benzene rings is 3. The molecule has 7 unspecified atom stereocenters. The third-order valence-electron chi connectivity index (χ3n) is 13.4. The van der Waals surface area contributed by atoms with Crippen molar-refractivity contribution in [2.45, 2.75) is 104 Å². The summed E-state index contributed by atoms with van der Waals surface area (Å²) in [6, 6.07) is 32.6. The Hall–Kier alpha value is -3.80. The molecule has 6 heteroatoms. The Balaban J connectivity index is 0.000000203. The number of esters is 1. The lowest BCUT2D eigenvalue weighted by Gasteiger charge is -2.58. The average molecular weight is 736 g/mol. The molecular weight excluding hydrogens is 678 g/mol. The van der Waals surface area contributed by atoms with Crippen LogP contribution in [0.5, 0.6) is 0 Å². The van der Waals surface area contributed by atoms with Gasteiger partial charge < -0.3 is 10.1 Å². The van der Waals surface area contributed by atoms with Crippen molar-refractivity contribution in [1.82, 2.24) is 5.32 Å². The summed E-state index contributed by atoms with van der Waals surface area (Å²) in [5, 5.41) is 3.67. The normalized spacial score (nSPS) is 29.1. The highest BCUT2D eigenvalue weighted by molar-refractivity contribution is 5.92. The number of ether oxygens (including phenoxy) is 1. The van der Waals surface area contributed by atoms with Crippen LogP contribution in [0.3, 0.4) is 0 Å². The number of rotatable bonds is 9. The molecule has 5 nitrogen and oxygen atoms in total. The van der Waals surface area contributed by atoms with Crippen LogP contribution in [0, 0.1) is 28.6 Å². The van der Waals surface area contributed by atoms with Crippen molar-refractivity contribution in [2.75, 3.05) is 6.54 Å². The second kappa shape index (κ2) is 16.7. The van der Waals surface area contributed by atoms with E-state index < -0.39 is 5.60 Å². The first-order chi connectivity index (χ1) is 24.9. The fraction of sp³-hybridized carbons (Fsp3) is 0.468. The number of halogens is 1. The first kappa shape index (κ1) is 40.4. The van der Waals surface area contributed by atoms with Crippen LogP contribution in [0.4, 0.5) is 0 Å². The first-order valence-corrected chi connectivity index (χ1v) is 19.4. The van der Waals surface area contributed by atoms with Gasteiger partial charge in [-0.15, -0.1) is 12.4 Å². The molecule has 0 radical (unpaired) electrons. The SMILES string of the molecule is CC(=O)OC1(C(C)=O)CCC2C3C=C(C)C4=CC(=O)CCC4(C)C3CCC21C.CC(NCCC(c1ccccc1)c1ccccc1)c1ccccc1.Cl. The second-order valence-electron chi connectivity index (χ2n) is 16.3. The molecule has 282 valence electrons. The highest BCUT2D eigenvalue weighted by Gasteiger charge is 2.67. The molecule has 1 N–H and O–H groups in total. The zero-order valence-electron chi connectivity index (χ0n) is 32.4. The average Bonchev–Trinajstić information content (AvgIpc) is 3.44. The molecule has 0 spiro atoms. The van der Waals surface area contributed by atoms with Gasteiger partial charge in [-0.25, -0.2) is 0 Å². The second-order valence-corrected chi connectivity index (χ2v) is 16.3. The number of carbonyl (C=O) groups is 3. The molecular formula is C47H58ClNO4. The molecule has 0 heterocycles. The number of hydrogen-bond acceptors (Lipinski definition) is 5. The molecule has 53 heavy (non-hydrogen) atoms. The molecule has 0 saturated heterocycles. The van der Waals surface area contributed by atoms with E-state index in [9.17, 15) is 14.4 Å². The molecule has 3 aromatic rings. The quantitative estimate of drug-likeness (QED) is 0.222. The minimum Gasteiger partial charge on any atom is -0.451 e. The molecule has 4 aliphatic carbocycles. The Morgan fingerprint density at radius 3 is 1.91 bits per heavy atom. The van der Waals surface area contributed by atoms with Gasteiger partial charge in [0, 0.05) is 30.7 Å². The van der Waals surface area contributed by atoms with Gasteiger partial charge in [-0.3, -0.25) is 14.4 Å². The molecule has 2 fully saturated rings. The number of carbonyl (C=O) groups excluding carboxylic acids is 3. The monoisotopic (exact) mass is 735 g/mol. The number of hydrogen-bond donors (Lipinski definition) is 1. The van der Waals surface area contributed by atoms with E-state index in [1.807, 2.05) is 6.08 Å². The molecule has 2 saturated carbocycles. The molecule has 0 aliphatic heterocycles. The largest absolute Gasteiger partial charge is 0.451 e. The summed E-state index contributed by atoms with van der Waals surface area (Å²) in [5.74, 6) is 1.46. The smallest absolute Gasteiger partial charge is 0.303 e. The fourth-order valence-corrected chi connectivity index (χ4v) is 10.7. The van der Waals surface area contributed by atoms with E-state index in [0.29, 0.717) is 42.6 Å². The van der Waals surface area contributed by atoms with Gasteiger partial charge >= 0.3 is 5.97 Å². The van der Waals surface area contributed by atoms with Crippen LogP contribution < -0.4 is 5.32 Å². The van der Waals surface area contributed by atoms with E-state index in [2.05, 4.69) is 130 Å². The van der Waals surface area contributed by atoms with Crippen LogP contribution in [0.2, 0.25) is 0 Å². The van der Waals surface area contributed by atoms with Gasteiger partial charge in [-0.05, 0) is 117 Å². The van der Waals surface area contributed by atoms with Gasteiger partial charge in [-0.1, -0.05) is 116 Å². The van der Waals surface area contributed by atoms with Crippen molar-refractivity contribution in [3.05, 3.63) is 131 Å². The first-order valence-electron chi connectivity index (χ1n) is 19.4. The van der Waals surface area contributed by atoms with Crippen LogP contribution in [-0.2, 0) is 19.1 Å². The Morgan fingerprint density at radius 2 is 1.36 bits per heavy atom. The molecule has 0 amide bonds. The Labute approximate surface area is 323 Å². The summed E-state index contributed by atoms with van der Waals surface area (Å²) < 4.78 is 5.82. The van der Waals surface area contributed by atoms with Gasteiger partial charge in [0.15, 0.2) is 17.2 Å². The standard InChI is InChI=1S/C24H32O4.C23H25N.ClH/c1-14-12-18-19(22(4)9-6-17(27)13-21(14)22)7-10-23(5)20(18)8-11-24(23,15(2)25)28-16(3)26;1-19(20-11-5-2-6-12-20)24-18-17-23(21-13-7-3-8-14-21)22-15-9-4-10-16-22;/h12-13,18-20H,6-11H2,1-5H3;2-16,19,23-24H,17-18H2,1H3;1H. The lowest BCUT2D eigenvalue weighted by molar-refractivity contribution is -0.185. The Kier molecular flexibility index (Phi) is 12.7. The van der Waals surface area contributed by atoms with Gasteiger partial charge in [0.1, 0.15) is 0 Å². The maximum atomic E-state index is 12.8. The van der Waals surface area contributed by atoms with E-state index >= 15 is 0 Å². The van der Waals surface area contributed by atoms with Crippen molar-refractivity contribution in [3.8, 4) is 0 Å². The summed E-state index contributed by atoms with van der Waals surface area (Å²) >= 11 is 0. The fourth-order valence-electron chi connectivity index (χ4n) is 10.7. The summed E-state index contributed by atoms with van der Waals surface area (Å²) in [4.78, 5) is 36.8. The van der Waals surface area contributed by atoms with E-state index in [-0.39, 0.29) is 40.8 Å². The van der Waals surface area contributed by atoms with Crippen molar-refractivity contribution in [2.24, 2.45) is 28.6 Å². The highest BCUT2D eigenvalue weighted by atomic mass is 35.5. The third kappa shape index (κ3) is 7.89. The van der Waals surface area contributed by atoms with Gasteiger partial charge in [0.2, 0.25) is 0 Å². The third-order valence-corrected chi connectivity index (χ3v) is 13.4. The number of allylic oxidation sites excluding steroid dienone is 4. The van der Waals surface area contributed by atoms with Crippen molar-refractivity contribution >= 4 is 29.9 Å². The van der Waals surface area contributed by atoms with E-state index in [1.54, 1.807) is 6.92 Å². The molecule has 0 bridgehead atoms. The zero-order valence-corrected chi connectivity index (χ0v) is 33.2. The Bertz CT molecular complexity index is 1770. The summed E-state index contributed by atoms with van der Waals surface area (Å²) in [5.41, 5.74) is 5.27. The predicted octanol–water partition coefficient (Wildman–Crippen LogP) is 10.6. The molecule has 7 atom stereocenters. The number of ketones is 2. The van der Waals surface area contributed by atoms with Crippen molar-refractivity contribution < 1.29 is 19.1 Å². The summed E-state index contributed by atoms with van der Waals surface area (Å²) in [6.07, 6.45) is 10.3. The number of Topliss-reactive ketones (excluding diaryl/α,β-unsaturated/α-hetero) is 1. The van der Waals surface area contributed by atoms with Crippen LogP contribution in [0.25, 0.3) is 0 Å². The van der Waals surface area contributed by atoms with Crippen molar-refractivity contribution in [1.29, 1.82) is 0 Å². The lowest BCUT2D eigenvalue weighted by atomic mass is 9.47. The Morgan fingerprint density at radius 1 is 0.811 bits per heavy atom. The summed E-state index contributed by atoms with van der Waals surface area (Å²) in [6.45, 7) is 12.9. The van der Waals surface area contributed by atoms with E-state index in [1.165, 1.54) is 34.8 Å². The van der Waals surface area contributed by atoms with E-state index in [4.69, 9.17) is 4.74 Å².